The van der Waals surface area contributed by atoms with Gasteiger partial charge in [0.15, 0.2) is 6.29 Å². The second-order valence-electron chi connectivity index (χ2n) is 5.37. The van der Waals surface area contributed by atoms with Gasteiger partial charge in [0.25, 0.3) is 0 Å². The fourth-order valence-electron chi connectivity index (χ4n) is 2.95. The first-order valence-corrected chi connectivity index (χ1v) is 8.54. The summed E-state index contributed by atoms with van der Waals surface area (Å²) in [4.78, 5) is 21.3. The van der Waals surface area contributed by atoms with E-state index >= 15 is 0 Å². The molecule has 3 aromatic rings. The molecule has 0 aliphatic carbocycles. The number of thiol groups is 1. The smallest absolute Gasteiger partial charge is 0.170 e. The second-order valence-corrected chi connectivity index (χ2v) is 6.67. The van der Waals surface area contributed by atoms with Gasteiger partial charge in [-0.15, -0.1) is 12.6 Å². The van der Waals surface area contributed by atoms with Crippen molar-refractivity contribution in [1.29, 1.82) is 0 Å². The van der Waals surface area contributed by atoms with Crippen molar-refractivity contribution in [3.8, 4) is 5.69 Å². The number of rotatable bonds is 2. The first-order valence-electron chi connectivity index (χ1n) is 7.15. The number of aldehydes is 1. The second kappa shape index (κ2) is 5.47. The summed E-state index contributed by atoms with van der Waals surface area (Å²) in [5.41, 5.74) is 5.22. The molecule has 1 atom stereocenters. The van der Waals surface area contributed by atoms with Crippen molar-refractivity contribution < 1.29 is 4.79 Å². The normalized spacial score (nSPS) is 16.3. The van der Waals surface area contributed by atoms with Crippen molar-refractivity contribution in [2.24, 2.45) is 4.99 Å². The van der Waals surface area contributed by atoms with Gasteiger partial charge >= 0.3 is 0 Å². The molecule has 4 rings (SSSR count). The SMILES string of the molecule is CC1N=C(c2ccsc2)c2cc(S)ccc2-n2cnc(C=O)c21. The highest BCUT2D eigenvalue weighted by molar-refractivity contribution is 7.80. The number of aliphatic imine (C=N–C) groups is 1. The molecule has 114 valence electrons. The number of imidazole rings is 1. The molecule has 3 heterocycles. The molecule has 1 aliphatic heterocycles. The van der Waals surface area contributed by atoms with Crippen LogP contribution >= 0.6 is 24.0 Å². The highest BCUT2D eigenvalue weighted by Crippen LogP contribution is 2.33. The van der Waals surface area contributed by atoms with Crippen molar-refractivity contribution in [3.63, 3.8) is 0 Å². The van der Waals surface area contributed by atoms with Gasteiger partial charge in [-0.05, 0) is 36.6 Å². The molecule has 0 saturated heterocycles. The fourth-order valence-corrected chi connectivity index (χ4v) is 3.79. The first-order chi connectivity index (χ1) is 11.2. The molecule has 1 aromatic carbocycles. The number of carbonyl (C=O) groups is 1. The van der Waals surface area contributed by atoms with E-state index in [1.165, 1.54) is 0 Å². The number of nitrogens with zero attached hydrogens (tertiary/aromatic N) is 3. The third-order valence-corrected chi connectivity index (χ3v) is 4.92. The van der Waals surface area contributed by atoms with Crippen molar-refractivity contribution in [3.05, 3.63) is 63.9 Å². The summed E-state index contributed by atoms with van der Waals surface area (Å²) >= 11 is 6.11. The van der Waals surface area contributed by atoms with E-state index in [4.69, 9.17) is 4.99 Å². The molecule has 1 aliphatic rings. The van der Waals surface area contributed by atoms with Crippen LogP contribution in [0, 0.1) is 0 Å². The monoisotopic (exact) mass is 339 g/mol. The number of hydrogen-bond acceptors (Lipinski definition) is 5. The minimum absolute atomic E-state index is 0.164. The van der Waals surface area contributed by atoms with Gasteiger partial charge < -0.3 is 0 Å². The van der Waals surface area contributed by atoms with E-state index in [-0.39, 0.29) is 6.04 Å². The molecule has 1 unspecified atom stereocenters. The average Bonchev–Trinajstić information content (AvgIpc) is 3.19. The van der Waals surface area contributed by atoms with Crippen LogP contribution in [0.4, 0.5) is 0 Å². The number of thiophene rings is 1. The summed E-state index contributed by atoms with van der Waals surface area (Å²) in [5, 5.41) is 4.12. The van der Waals surface area contributed by atoms with E-state index in [1.807, 2.05) is 35.1 Å². The molecule has 0 radical (unpaired) electrons. The van der Waals surface area contributed by atoms with Crippen LogP contribution in [-0.2, 0) is 0 Å². The van der Waals surface area contributed by atoms with Crippen LogP contribution in [-0.4, -0.2) is 21.5 Å². The Labute approximate surface area is 142 Å². The van der Waals surface area contributed by atoms with Crippen molar-refractivity contribution >= 4 is 36.0 Å². The summed E-state index contributed by atoms with van der Waals surface area (Å²) in [5.74, 6) is 0. The summed E-state index contributed by atoms with van der Waals surface area (Å²) in [6.07, 6.45) is 2.48. The van der Waals surface area contributed by atoms with E-state index in [1.54, 1.807) is 17.7 Å². The Balaban J connectivity index is 2.06. The van der Waals surface area contributed by atoms with Gasteiger partial charge in [0.05, 0.1) is 23.1 Å². The Kier molecular flexibility index (Phi) is 3.43. The Morgan fingerprint density at radius 3 is 2.96 bits per heavy atom. The number of fused-ring (bicyclic) bond motifs is 3. The zero-order valence-corrected chi connectivity index (χ0v) is 14.0. The maximum absolute atomic E-state index is 11.3. The minimum Gasteiger partial charge on any atom is -0.300 e. The van der Waals surface area contributed by atoms with Gasteiger partial charge in [-0.25, -0.2) is 4.98 Å². The van der Waals surface area contributed by atoms with Crippen molar-refractivity contribution in [1.82, 2.24) is 9.55 Å². The standard InChI is InChI=1S/C17H13N3OS2/c1-10-17-14(7-21)18-9-20(17)15-3-2-12(22)6-13(15)16(19-10)11-4-5-23-8-11/h2-10,22H,1H3. The van der Waals surface area contributed by atoms with E-state index in [9.17, 15) is 4.79 Å². The molecule has 0 spiro atoms. The number of benzene rings is 1. The van der Waals surface area contributed by atoms with Crippen molar-refractivity contribution in [2.45, 2.75) is 17.9 Å². The molecule has 0 amide bonds. The fraction of sp³-hybridized carbons (Fsp3) is 0.118. The number of hydrogen-bond donors (Lipinski definition) is 1. The predicted octanol–water partition coefficient (Wildman–Crippen LogP) is 3.95. The lowest BCUT2D eigenvalue weighted by atomic mass is 10.0. The van der Waals surface area contributed by atoms with E-state index < -0.39 is 0 Å². The van der Waals surface area contributed by atoms with Gasteiger partial charge in [-0.2, -0.15) is 11.3 Å². The molecule has 23 heavy (non-hydrogen) atoms. The Morgan fingerprint density at radius 2 is 2.22 bits per heavy atom. The van der Waals surface area contributed by atoms with Gasteiger partial charge in [-0.3, -0.25) is 14.4 Å². The Hall–Kier alpha value is -2.18. The topological polar surface area (TPSA) is 47.2 Å². The molecule has 0 bridgehead atoms. The van der Waals surface area contributed by atoms with Gasteiger partial charge in [-0.1, -0.05) is 0 Å². The quantitative estimate of drug-likeness (QED) is 0.568. The average molecular weight is 339 g/mol. The van der Waals surface area contributed by atoms with E-state index in [0.29, 0.717) is 5.69 Å². The maximum atomic E-state index is 11.3. The largest absolute Gasteiger partial charge is 0.300 e. The van der Waals surface area contributed by atoms with Crippen LogP contribution in [0.1, 0.15) is 40.3 Å². The molecular weight excluding hydrogens is 326 g/mol. The molecule has 0 N–H and O–H groups in total. The van der Waals surface area contributed by atoms with Gasteiger partial charge in [0, 0.05) is 21.4 Å². The summed E-state index contributed by atoms with van der Waals surface area (Å²) in [7, 11) is 0. The van der Waals surface area contributed by atoms with Gasteiger partial charge in [0.1, 0.15) is 12.0 Å². The molecule has 0 fully saturated rings. The van der Waals surface area contributed by atoms with Crippen LogP contribution < -0.4 is 0 Å². The van der Waals surface area contributed by atoms with Crippen LogP contribution in [0.25, 0.3) is 5.69 Å². The highest BCUT2D eigenvalue weighted by atomic mass is 32.1. The lowest BCUT2D eigenvalue weighted by Gasteiger charge is -2.11. The van der Waals surface area contributed by atoms with Crippen LogP contribution in [0.3, 0.4) is 0 Å². The third kappa shape index (κ3) is 2.26. The summed E-state index contributed by atoms with van der Waals surface area (Å²) < 4.78 is 1.96. The van der Waals surface area contributed by atoms with Crippen LogP contribution in [0.5, 0.6) is 0 Å². The highest BCUT2D eigenvalue weighted by Gasteiger charge is 2.25. The Bertz CT molecular complexity index is 925. The Morgan fingerprint density at radius 1 is 1.35 bits per heavy atom. The van der Waals surface area contributed by atoms with E-state index in [2.05, 4.69) is 29.1 Å². The molecule has 6 heteroatoms. The lowest BCUT2D eigenvalue weighted by molar-refractivity contribution is 0.111. The minimum atomic E-state index is -0.164. The zero-order chi connectivity index (χ0) is 16.0. The predicted molar refractivity (Wildman–Crippen MR) is 94.6 cm³/mol. The van der Waals surface area contributed by atoms with Crippen LogP contribution in [0.15, 0.2) is 51.2 Å². The molecule has 2 aromatic heterocycles. The third-order valence-electron chi connectivity index (χ3n) is 3.95. The maximum Gasteiger partial charge on any atom is 0.170 e. The molecule has 0 saturated carbocycles. The summed E-state index contributed by atoms with van der Waals surface area (Å²) in [6, 6.07) is 7.84. The van der Waals surface area contributed by atoms with Crippen LogP contribution in [0.2, 0.25) is 0 Å². The van der Waals surface area contributed by atoms with Crippen molar-refractivity contribution in [2.75, 3.05) is 0 Å². The first kappa shape index (κ1) is 14.4. The molecule has 4 nitrogen and oxygen atoms in total. The number of aromatic nitrogens is 2. The lowest BCUT2D eigenvalue weighted by Crippen LogP contribution is -2.06. The van der Waals surface area contributed by atoms with E-state index in [0.717, 1.165) is 39.4 Å². The molecular formula is C17H13N3OS2. The number of carbonyl (C=O) groups excluding carboxylic acids is 1. The van der Waals surface area contributed by atoms with Gasteiger partial charge in [0.2, 0.25) is 0 Å². The summed E-state index contributed by atoms with van der Waals surface area (Å²) in [6.45, 7) is 1.99. The zero-order valence-electron chi connectivity index (χ0n) is 12.3.